The largest absolute Gasteiger partial charge is 0.370 e. The van der Waals surface area contributed by atoms with Crippen molar-refractivity contribution < 1.29 is 23.8 Å². The highest BCUT2D eigenvalue weighted by Gasteiger charge is 2.60. The zero-order chi connectivity index (χ0) is 12.5. The van der Waals surface area contributed by atoms with Gasteiger partial charge in [-0.3, -0.25) is 4.84 Å². The first-order chi connectivity index (χ1) is 8.53. The van der Waals surface area contributed by atoms with Gasteiger partial charge < -0.3 is 18.9 Å². The van der Waals surface area contributed by atoms with E-state index < -0.39 is 5.79 Å². The van der Waals surface area contributed by atoms with Crippen LogP contribution in [0, 0.1) is 0 Å². The Hall–Kier alpha value is -0.240. The maximum Gasteiger partial charge on any atom is 0.190 e. The lowest BCUT2D eigenvalue weighted by molar-refractivity contribution is -0.249. The van der Waals surface area contributed by atoms with Gasteiger partial charge in [-0.25, -0.2) is 0 Å². The topological polar surface area (TPSA) is 49.4 Å². The Labute approximate surface area is 106 Å². The number of rotatable bonds is 0. The second-order valence-electron chi connectivity index (χ2n) is 5.94. The summed E-state index contributed by atoms with van der Waals surface area (Å²) in [6.07, 6.45) is 0.550. The summed E-state index contributed by atoms with van der Waals surface area (Å²) in [5.41, 5.74) is 0. The standard InChI is InChI=1S/C12H19NO5/c1-12(2)16-10-9-8(15-11(10)17-12)7-4-6(5-14-9)18-13(7)3/h6-11H,4-5H2,1-3H3/t6-,7+,8-,9+,10-,11-/m1/s1. The molecule has 18 heavy (non-hydrogen) atoms. The Balaban J connectivity index is 1.60. The smallest absolute Gasteiger partial charge is 0.190 e. The summed E-state index contributed by atoms with van der Waals surface area (Å²) in [5.74, 6) is -0.586. The maximum absolute atomic E-state index is 6.01. The molecule has 4 rings (SSSR count). The van der Waals surface area contributed by atoms with Crippen LogP contribution in [0.4, 0.5) is 0 Å². The minimum absolute atomic E-state index is 0.0337. The van der Waals surface area contributed by atoms with E-state index in [1.54, 1.807) is 0 Å². The molecular weight excluding hydrogens is 238 g/mol. The van der Waals surface area contributed by atoms with Crippen molar-refractivity contribution in [2.45, 2.75) is 62.8 Å². The molecule has 6 heteroatoms. The number of hydrogen-bond acceptors (Lipinski definition) is 6. The van der Waals surface area contributed by atoms with Gasteiger partial charge >= 0.3 is 0 Å². The zero-order valence-electron chi connectivity index (χ0n) is 10.9. The molecule has 0 unspecified atom stereocenters. The lowest BCUT2D eigenvalue weighted by atomic mass is 10.0. The Bertz CT molecular complexity index is 362. The molecule has 0 aromatic carbocycles. The molecule has 4 heterocycles. The lowest BCUT2D eigenvalue weighted by Gasteiger charge is -2.31. The number of nitrogens with zero attached hydrogens (tertiary/aromatic N) is 1. The summed E-state index contributed by atoms with van der Waals surface area (Å²) in [6.45, 7) is 4.40. The fraction of sp³-hybridized carbons (Fsp3) is 1.00. The SMILES string of the molecule is CN1O[C@H]2CO[C@@H]3[C@H]4OC(C)(C)O[C@H]4O[C@@H]3[C@@H]1C2. The number of hydrogen-bond donors (Lipinski definition) is 0. The fourth-order valence-electron chi connectivity index (χ4n) is 3.44. The van der Waals surface area contributed by atoms with Crippen LogP contribution in [0.5, 0.6) is 0 Å². The van der Waals surface area contributed by atoms with Crippen LogP contribution in [0.2, 0.25) is 0 Å². The summed E-state index contributed by atoms with van der Waals surface area (Å²) in [6, 6.07) is 0.225. The van der Waals surface area contributed by atoms with Crippen LogP contribution in [0.1, 0.15) is 20.3 Å². The Morgan fingerprint density at radius 1 is 1.11 bits per heavy atom. The van der Waals surface area contributed by atoms with E-state index >= 15 is 0 Å². The van der Waals surface area contributed by atoms with Gasteiger partial charge in [0, 0.05) is 7.05 Å². The molecule has 4 fully saturated rings. The summed E-state index contributed by atoms with van der Waals surface area (Å²) in [4.78, 5) is 5.68. The van der Waals surface area contributed by atoms with Crippen LogP contribution in [-0.2, 0) is 23.8 Å². The van der Waals surface area contributed by atoms with Gasteiger partial charge in [-0.05, 0) is 20.3 Å². The van der Waals surface area contributed by atoms with Gasteiger partial charge in [0.1, 0.15) is 24.4 Å². The highest BCUT2D eigenvalue weighted by Crippen LogP contribution is 2.43. The minimum atomic E-state index is -0.586. The Morgan fingerprint density at radius 2 is 1.94 bits per heavy atom. The van der Waals surface area contributed by atoms with Crippen molar-refractivity contribution in [3.05, 3.63) is 0 Å². The number of hydroxylamine groups is 2. The predicted octanol–water partition coefficient (Wildman–Crippen LogP) is 0.266. The Morgan fingerprint density at radius 3 is 2.78 bits per heavy atom. The molecule has 0 aromatic rings. The van der Waals surface area contributed by atoms with Crippen molar-refractivity contribution in [2.24, 2.45) is 0 Å². The molecule has 0 aromatic heterocycles. The van der Waals surface area contributed by atoms with E-state index in [1.807, 2.05) is 26.0 Å². The van der Waals surface area contributed by atoms with Crippen molar-refractivity contribution in [2.75, 3.05) is 13.7 Å². The Kier molecular flexibility index (Phi) is 2.35. The van der Waals surface area contributed by atoms with Gasteiger partial charge in [0.15, 0.2) is 12.1 Å². The highest BCUT2D eigenvalue weighted by molar-refractivity contribution is 5.02. The van der Waals surface area contributed by atoms with E-state index in [1.165, 1.54) is 0 Å². The molecule has 0 amide bonds. The summed E-state index contributed by atoms with van der Waals surface area (Å²) < 4.78 is 23.6. The van der Waals surface area contributed by atoms with E-state index in [0.717, 1.165) is 6.42 Å². The molecule has 6 atom stereocenters. The van der Waals surface area contributed by atoms with Crippen molar-refractivity contribution >= 4 is 0 Å². The fourth-order valence-corrected chi connectivity index (χ4v) is 3.44. The van der Waals surface area contributed by atoms with Gasteiger partial charge in [0.05, 0.1) is 12.6 Å². The predicted molar refractivity (Wildman–Crippen MR) is 59.5 cm³/mol. The molecule has 0 aliphatic carbocycles. The van der Waals surface area contributed by atoms with E-state index in [2.05, 4.69) is 0 Å². The first kappa shape index (κ1) is 11.6. The first-order valence-electron chi connectivity index (χ1n) is 6.56. The lowest BCUT2D eigenvalue weighted by Crippen LogP contribution is -2.46. The molecule has 102 valence electrons. The highest BCUT2D eigenvalue weighted by atomic mass is 16.8. The molecule has 0 N–H and O–H groups in total. The van der Waals surface area contributed by atoms with E-state index in [0.29, 0.717) is 6.61 Å². The van der Waals surface area contributed by atoms with E-state index in [-0.39, 0.29) is 36.7 Å². The van der Waals surface area contributed by atoms with Crippen LogP contribution < -0.4 is 0 Å². The average molecular weight is 257 g/mol. The van der Waals surface area contributed by atoms with E-state index in [4.69, 9.17) is 23.8 Å². The number of likely N-dealkylation sites (N-methyl/N-ethyl adjacent to an activating group) is 1. The summed E-state index contributed by atoms with van der Waals surface area (Å²) >= 11 is 0. The third kappa shape index (κ3) is 1.57. The van der Waals surface area contributed by atoms with Crippen LogP contribution >= 0.6 is 0 Å². The van der Waals surface area contributed by atoms with Gasteiger partial charge in [-0.15, -0.1) is 0 Å². The molecule has 4 saturated heterocycles. The van der Waals surface area contributed by atoms with Gasteiger partial charge in [-0.2, -0.15) is 5.06 Å². The summed E-state index contributed by atoms with van der Waals surface area (Å²) in [7, 11) is 1.95. The first-order valence-corrected chi connectivity index (χ1v) is 6.56. The monoisotopic (exact) mass is 257 g/mol. The van der Waals surface area contributed by atoms with Gasteiger partial charge in [0.2, 0.25) is 0 Å². The quantitative estimate of drug-likeness (QED) is 0.620. The zero-order valence-corrected chi connectivity index (χ0v) is 10.9. The van der Waals surface area contributed by atoms with Gasteiger partial charge in [-0.1, -0.05) is 0 Å². The molecule has 4 aliphatic rings. The van der Waals surface area contributed by atoms with Crippen LogP contribution in [0.15, 0.2) is 0 Å². The summed E-state index contributed by atoms with van der Waals surface area (Å²) in [5, 5.41) is 1.90. The van der Waals surface area contributed by atoms with Crippen LogP contribution in [-0.4, -0.2) is 61.3 Å². The second kappa shape index (κ2) is 3.65. The average Bonchev–Trinajstić information content (AvgIpc) is 2.81. The molecule has 6 nitrogen and oxygen atoms in total. The van der Waals surface area contributed by atoms with E-state index in [9.17, 15) is 0 Å². The maximum atomic E-state index is 6.01. The van der Waals surface area contributed by atoms with Crippen molar-refractivity contribution in [3.8, 4) is 0 Å². The number of ether oxygens (including phenoxy) is 4. The normalized spacial score (nSPS) is 54.2. The van der Waals surface area contributed by atoms with Crippen molar-refractivity contribution in [3.63, 3.8) is 0 Å². The van der Waals surface area contributed by atoms with Crippen LogP contribution in [0.3, 0.4) is 0 Å². The third-order valence-electron chi connectivity index (χ3n) is 4.17. The minimum Gasteiger partial charge on any atom is -0.370 e. The number of fused-ring (bicyclic) bond motifs is 6. The van der Waals surface area contributed by atoms with Gasteiger partial charge in [0.25, 0.3) is 0 Å². The molecule has 0 spiro atoms. The van der Waals surface area contributed by atoms with Crippen LogP contribution in [0.25, 0.3) is 0 Å². The van der Waals surface area contributed by atoms with Crippen molar-refractivity contribution in [1.82, 2.24) is 5.06 Å². The molecule has 4 aliphatic heterocycles. The molecule has 2 bridgehead atoms. The third-order valence-corrected chi connectivity index (χ3v) is 4.17. The molecule has 0 saturated carbocycles. The van der Waals surface area contributed by atoms with Crippen molar-refractivity contribution in [1.29, 1.82) is 0 Å². The second-order valence-corrected chi connectivity index (χ2v) is 5.94. The molecular formula is C12H19NO5. The molecule has 0 radical (unpaired) electrons.